The molecule has 0 aromatic heterocycles. The summed E-state index contributed by atoms with van der Waals surface area (Å²) >= 11 is 0. The number of phenols is 6. The normalized spacial score (nSPS) is 19.5. The average molecular weight is 765 g/mol. The fraction of sp³-hybridized carbons (Fsp3) is 0.189. The lowest BCUT2D eigenvalue weighted by Gasteiger charge is -2.43. The number of phenolic OH excluding ortho intramolecular Hbond substituents is 6. The molecule has 0 saturated heterocycles. The van der Waals surface area contributed by atoms with Gasteiger partial charge in [0.1, 0.15) is 18.6 Å². The van der Waals surface area contributed by atoms with Crippen molar-refractivity contribution in [3.8, 4) is 34.5 Å². The minimum Gasteiger partial charge on any atom is -0.504 e. The molecule has 0 bridgehead atoms. The van der Waals surface area contributed by atoms with Gasteiger partial charge < -0.3 is 59.8 Å². The van der Waals surface area contributed by atoms with Gasteiger partial charge in [0.05, 0.1) is 0 Å². The molecule has 1 fully saturated rings. The molecular weight excluding hydrogens is 732 g/mol. The summed E-state index contributed by atoms with van der Waals surface area (Å²) in [5.74, 6) is -11.6. The van der Waals surface area contributed by atoms with Gasteiger partial charge in [0.2, 0.25) is 5.60 Å². The summed E-state index contributed by atoms with van der Waals surface area (Å²) in [4.78, 5) is 76.0. The molecule has 1 saturated carbocycles. The first-order chi connectivity index (χ1) is 25.9. The third-order valence-electron chi connectivity index (χ3n) is 7.81. The molecule has 1 aliphatic rings. The Bertz CT molecular complexity index is 1990. The lowest BCUT2D eigenvalue weighted by Crippen LogP contribution is -2.60. The van der Waals surface area contributed by atoms with Gasteiger partial charge in [0.25, 0.3) is 0 Å². The summed E-state index contributed by atoms with van der Waals surface area (Å²) < 4.78 is 21.5. The van der Waals surface area contributed by atoms with Crippen molar-refractivity contribution in [3.05, 3.63) is 89.5 Å². The molecule has 1 aliphatic carbocycles. The van der Waals surface area contributed by atoms with Crippen LogP contribution < -0.4 is 0 Å². The zero-order valence-electron chi connectivity index (χ0n) is 28.2. The summed E-state index contributed by atoms with van der Waals surface area (Å²) in [5, 5.41) is 77.5. The molecule has 2 atom stereocenters. The van der Waals surface area contributed by atoms with Crippen molar-refractivity contribution in [1.82, 2.24) is 0 Å². The van der Waals surface area contributed by atoms with Crippen molar-refractivity contribution in [2.45, 2.75) is 43.2 Å². The predicted molar refractivity (Wildman–Crippen MR) is 184 cm³/mol. The second kappa shape index (κ2) is 17.3. The molecule has 3 aromatic rings. The number of ether oxygens (including phenoxy) is 4. The first-order valence-electron chi connectivity index (χ1n) is 15.8. The topological polar surface area (TPSA) is 301 Å². The lowest BCUT2D eigenvalue weighted by atomic mass is 9.79. The summed E-state index contributed by atoms with van der Waals surface area (Å²) in [6.07, 6.45) is -3.09. The van der Waals surface area contributed by atoms with Crippen LogP contribution in [0.25, 0.3) is 18.2 Å². The van der Waals surface area contributed by atoms with Crippen molar-refractivity contribution < 1.29 is 88.6 Å². The molecule has 0 aliphatic heterocycles. The van der Waals surface area contributed by atoms with Gasteiger partial charge in [0.15, 0.2) is 40.6 Å². The van der Waals surface area contributed by atoms with Crippen LogP contribution in [0.5, 0.6) is 34.5 Å². The Morgan fingerprint density at radius 3 is 1.29 bits per heavy atom. The number of carbonyl (C=O) groups is 6. The fourth-order valence-corrected chi connectivity index (χ4v) is 5.22. The monoisotopic (exact) mass is 764 g/mol. The van der Waals surface area contributed by atoms with E-state index >= 15 is 0 Å². The van der Waals surface area contributed by atoms with Crippen LogP contribution in [0.15, 0.2) is 72.8 Å². The van der Waals surface area contributed by atoms with Gasteiger partial charge in [-0.25, -0.2) is 19.2 Å². The maximum absolute atomic E-state index is 13.1. The minimum absolute atomic E-state index is 0.173. The van der Waals surface area contributed by atoms with Gasteiger partial charge in [0, 0.05) is 31.1 Å². The molecule has 18 heteroatoms. The van der Waals surface area contributed by atoms with E-state index in [1.165, 1.54) is 18.2 Å². The molecule has 0 unspecified atom stereocenters. The van der Waals surface area contributed by atoms with E-state index in [1.54, 1.807) is 0 Å². The van der Waals surface area contributed by atoms with E-state index in [1.807, 2.05) is 0 Å². The van der Waals surface area contributed by atoms with Crippen LogP contribution in [-0.4, -0.2) is 101 Å². The van der Waals surface area contributed by atoms with Crippen LogP contribution >= 0.6 is 0 Å². The molecule has 55 heavy (non-hydrogen) atoms. The highest BCUT2D eigenvalue weighted by atomic mass is 16.6. The van der Waals surface area contributed by atoms with Crippen LogP contribution in [0.2, 0.25) is 0 Å². The first-order valence-corrected chi connectivity index (χ1v) is 15.8. The minimum atomic E-state index is -2.68. The number of aliphatic carboxylic acids is 2. The van der Waals surface area contributed by atoms with Crippen molar-refractivity contribution in [1.29, 1.82) is 0 Å². The van der Waals surface area contributed by atoms with Crippen LogP contribution in [-0.2, 0) is 47.7 Å². The van der Waals surface area contributed by atoms with E-state index in [0.29, 0.717) is 0 Å². The zero-order valence-corrected chi connectivity index (χ0v) is 28.2. The number of aromatic hydroxyl groups is 6. The van der Waals surface area contributed by atoms with Crippen molar-refractivity contribution in [2.24, 2.45) is 0 Å². The van der Waals surface area contributed by atoms with Crippen LogP contribution in [0.4, 0.5) is 0 Å². The first kappa shape index (κ1) is 40.3. The lowest BCUT2D eigenvalue weighted by molar-refractivity contribution is -0.219. The number of hydrogen-bond acceptors (Lipinski definition) is 16. The number of carboxylic acids is 2. The van der Waals surface area contributed by atoms with E-state index in [2.05, 4.69) is 0 Å². The van der Waals surface area contributed by atoms with Gasteiger partial charge >= 0.3 is 35.8 Å². The van der Waals surface area contributed by atoms with Gasteiger partial charge in [-0.1, -0.05) is 18.2 Å². The number of carbonyl (C=O) groups excluding carboxylic acids is 4. The van der Waals surface area contributed by atoms with Gasteiger partial charge in [-0.05, 0) is 71.3 Å². The van der Waals surface area contributed by atoms with Crippen LogP contribution in [0, 0.1) is 0 Å². The second-order valence-corrected chi connectivity index (χ2v) is 11.8. The molecule has 0 amide bonds. The van der Waals surface area contributed by atoms with Crippen LogP contribution in [0.1, 0.15) is 36.0 Å². The molecular formula is C37H32O18. The van der Waals surface area contributed by atoms with E-state index in [9.17, 15) is 64.5 Å². The van der Waals surface area contributed by atoms with E-state index in [-0.39, 0.29) is 16.7 Å². The third-order valence-corrected chi connectivity index (χ3v) is 7.81. The molecule has 0 radical (unpaired) electrons. The summed E-state index contributed by atoms with van der Waals surface area (Å²) in [6.45, 7) is 0. The zero-order chi connectivity index (χ0) is 40.4. The van der Waals surface area contributed by atoms with Gasteiger partial charge in [-0.15, -0.1) is 0 Å². The molecule has 3 aromatic carbocycles. The van der Waals surface area contributed by atoms with E-state index in [0.717, 1.165) is 72.9 Å². The molecule has 288 valence electrons. The molecule has 4 rings (SSSR count). The molecule has 0 spiro atoms. The van der Waals surface area contributed by atoms with Crippen molar-refractivity contribution >= 4 is 54.0 Å². The highest BCUT2D eigenvalue weighted by Gasteiger charge is 2.57. The Balaban J connectivity index is 1.71. The summed E-state index contributed by atoms with van der Waals surface area (Å²) in [7, 11) is 0. The van der Waals surface area contributed by atoms with Gasteiger partial charge in [-0.2, -0.15) is 0 Å². The summed E-state index contributed by atoms with van der Waals surface area (Å²) in [5.41, 5.74) is -2.14. The Kier molecular flexibility index (Phi) is 12.7. The molecule has 0 heterocycles. The second-order valence-electron chi connectivity index (χ2n) is 11.8. The quantitative estimate of drug-likeness (QED) is 0.0408. The number of rotatable bonds is 13. The van der Waals surface area contributed by atoms with Crippen molar-refractivity contribution in [3.63, 3.8) is 0 Å². The standard InChI is InChI=1S/C37H32O18/c38-22-7-1-19(13-25(22)41)4-10-31(46)52-28-17-37(36(50)51,55-33(48)12-6-21-3-9-24(40)27(43)15-21)18-29(35(28)54-34(49)16-30(44)45)53-32(47)11-5-20-2-8-23(39)26(42)14-20/h1-15,28-29,35,38-43H,16-18H2,(H,44,45)(H,50,51)/b10-4+,11-5+,12-6+/t28-,29-,35?,37?/m1/s1. The predicted octanol–water partition coefficient (Wildman–Crippen LogP) is 2.73. The SMILES string of the molecule is O=C(O)CC(=O)OC1[C@H](OC(=O)/C=C/c2ccc(O)c(O)c2)CC(OC(=O)/C=C/c2ccc(O)c(O)c2)(C(=O)O)C[C@H]1OC(=O)/C=C/c1ccc(O)c(O)c1. The number of esters is 4. The number of benzene rings is 3. The Hall–Kier alpha value is -7.50. The highest BCUT2D eigenvalue weighted by Crippen LogP contribution is 2.38. The van der Waals surface area contributed by atoms with Crippen molar-refractivity contribution in [2.75, 3.05) is 0 Å². The summed E-state index contributed by atoms with van der Waals surface area (Å²) in [6, 6.07) is 10.5. The Morgan fingerprint density at radius 2 is 0.945 bits per heavy atom. The molecule has 8 N–H and O–H groups in total. The Morgan fingerprint density at radius 1 is 0.564 bits per heavy atom. The maximum Gasteiger partial charge on any atom is 0.348 e. The van der Waals surface area contributed by atoms with E-state index < -0.39 is 113 Å². The average Bonchev–Trinajstić information content (AvgIpc) is 3.11. The van der Waals surface area contributed by atoms with Gasteiger partial charge in [-0.3, -0.25) is 9.59 Å². The highest BCUT2D eigenvalue weighted by molar-refractivity contribution is 5.92. The number of hydrogen-bond donors (Lipinski definition) is 8. The smallest absolute Gasteiger partial charge is 0.348 e. The Labute approximate surface area is 309 Å². The van der Waals surface area contributed by atoms with E-state index in [4.69, 9.17) is 24.1 Å². The third kappa shape index (κ3) is 11.0. The maximum atomic E-state index is 13.1. The fourth-order valence-electron chi connectivity index (χ4n) is 5.22. The largest absolute Gasteiger partial charge is 0.504 e. The van der Waals surface area contributed by atoms with Crippen LogP contribution in [0.3, 0.4) is 0 Å². The molecule has 18 nitrogen and oxygen atoms in total. The number of carboxylic acid groups (broad SMARTS) is 2.